The Balaban J connectivity index is 1.73. The zero-order valence-corrected chi connectivity index (χ0v) is 11.9. The zero-order chi connectivity index (χ0) is 13.1. The number of hydrogen-bond acceptors (Lipinski definition) is 3. The first-order valence-corrected chi connectivity index (χ1v) is 7.26. The van der Waals surface area contributed by atoms with Crippen LogP contribution in [0.15, 0.2) is 0 Å². The highest BCUT2D eigenvalue weighted by Gasteiger charge is 2.38. The number of carbonyl (C=O) groups is 1. The van der Waals surface area contributed by atoms with Crippen molar-refractivity contribution in [2.24, 2.45) is 11.8 Å². The van der Waals surface area contributed by atoms with Crippen LogP contribution in [-0.4, -0.2) is 50.1 Å². The molecule has 1 amide bonds. The van der Waals surface area contributed by atoms with Crippen molar-refractivity contribution in [1.29, 1.82) is 0 Å². The van der Waals surface area contributed by atoms with Crippen molar-refractivity contribution in [2.45, 2.75) is 44.7 Å². The van der Waals surface area contributed by atoms with Crippen molar-refractivity contribution in [3.63, 3.8) is 0 Å². The lowest BCUT2D eigenvalue weighted by molar-refractivity contribution is -0.124. The van der Waals surface area contributed by atoms with Crippen LogP contribution in [0.3, 0.4) is 0 Å². The molecule has 104 valence electrons. The van der Waals surface area contributed by atoms with Gasteiger partial charge in [0.1, 0.15) is 0 Å². The largest absolute Gasteiger partial charge is 0.356 e. The van der Waals surface area contributed by atoms with E-state index in [1.807, 2.05) is 14.0 Å². The molecule has 3 unspecified atom stereocenters. The molecule has 0 radical (unpaired) electrons. The molecular formula is C14H27N3O. The summed E-state index contributed by atoms with van der Waals surface area (Å²) in [6.45, 7) is 3.60. The Morgan fingerprint density at radius 2 is 1.94 bits per heavy atom. The lowest BCUT2D eigenvalue weighted by atomic mass is 9.91. The highest BCUT2D eigenvalue weighted by atomic mass is 16.1. The third kappa shape index (κ3) is 3.04. The minimum Gasteiger partial charge on any atom is -0.356 e. The van der Waals surface area contributed by atoms with Gasteiger partial charge in [0, 0.05) is 31.1 Å². The average molecular weight is 253 g/mol. The van der Waals surface area contributed by atoms with Gasteiger partial charge in [-0.15, -0.1) is 0 Å². The van der Waals surface area contributed by atoms with Gasteiger partial charge in [-0.25, -0.2) is 0 Å². The molecule has 0 aromatic heterocycles. The fourth-order valence-corrected chi connectivity index (χ4v) is 3.51. The van der Waals surface area contributed by atoms with Crippen molar-refractivity contribution in [1.82, 2.24) is 15.5 Å². The molecule has 2 saturated heterocycles. The molecule has 2 N–H and O–H groups in total. The second-order valence-corrected chi connectivity index (χ2v) is 6.09. The standard InChI is InChI=1S/C14H27N3O/c1-10(8-15-2)14(18)16-9-11-6-12-4-5-13(7-11)17(12)3/h10-13,15H,4-9H2,1-3H3,(H,16,18). The molecule has 0 aromatic carbocycles. The fraction of sp³-hybridized carbons (Fsp3) is 0.929. The molecular weight excluding hydrogens is 226 g/mol. The van der Waals surface area contributed by atoms with Gasteiger partial charge in [0.2, 0.25) is 5.91 Å². The summed E-state index contributed by atoms with van der Waals surface area (Å²) in [5.74, 6) is 0.943. The number of nitrogens with zero attached hydrogens (tertiary/aromatic N) is 1. The molecule has 2 bridgehead atoms. The van der Waals surface area contributed by atoms with Crippen LogP contribution in [0.4, 0.5) is 0 Å². The summed E-state index contributed by atoms with van der Waals surface area (Å²) in [4.78, 5) is 14.4. The Hall–Kier alpha value is -0.610. The van der Waals surface area contributed by atoms with E-state index in [-0.39, 0.29) is 11.8 Å². The summed E-state index contributed by atoms with van der Waals surface area (Å²) in [5, 5.41) is 6.17. The highest BCUT2D eigenvalue weighted by molar-refractivity contribution is 5.78. The third-order valence-corrected chi connectivity index (χ3v) is 4.72. The number of rotatable bonds is 5. The number of nitrogens with one attached hydrogen (secondary N) is 2. The third-order valence-electron chi connectivity index (χ3n) is 4.72. The quantitative estimate of drug-likeness (QED) is 0.763. The summed E-state index contributed by atoms with van der Waals surface area (Å²) in [6.07, 6.45) is 5.21. The second-order valence-electron chi connectivity index (χ2n) is 6.09. The SMILES string of the molecule is CNCC(C)C(=O)NCC1CC2CCC(C1)N2C. The van der Waals surface area contributed by atoms with E-state index >= 15 is 0 Å². The number of fused-ring (bicyclic) bond motifs is 2. The Labute approximate surface area is 110 Å². The molecule has 0 aliphatic carbocycles. The minimum absolute atomic E-state index is 0.0676. The fourth-order valence-electron chi connectivity index (χ4n) is 3.51. The van der Waals surface area contributed by atoms with E-state index in [9.17, 15) is 4.79 Å². The van der Waals surface area contributed by atoms with Crippen LogP contribution in [0.2, 0.25) is 0 Å². The molecule has 0 saturated carbocycles. The van der Waals surface area contributed by atoms with Gasteiger partial charge in [0.05, 0.1) is 0 Å². The molecule has 2 rings (SSSR count). The van der Waals surface area contributed by atoms with Crippen LogP contribution >= 0.6 is 0 Å². The lowest BCUT2D eigenvalue weighted by Gasteiger charge is -2.36. The van der Waals surface area contributed by atoms with E-state index in [4.69, 9.17) is 0 Å². The summed E-state index contributed by atoms with van der Waals surface area (Å²) >= 11 is 0. The van der Waals surface area contributed by atoms with Gasteiger partial charge in [-0.2, -0.15) is 0 Å². The highest BCUT2D eigenvalue weighted by Crippen LogP contribution is 2.36. The first-order valence-electron chi connectivity index (χ1n) is 7.26. The minimum atomic E-state index is 0.0676. The van der Waals surface area contributed by atoms with Crippen LogP contribution in [0.5, 0.6) is 0 Å². The van der Waals surface area contributed by atoms with Crippen LogP contribution in [0, 0.1) is 11.8 Å². The van der Waals surface area contributed by atoms with Crippen LogP contribution in [0.1, 0.15) is 32.6 Å². The number of hydrogen-bond donors (Lipinski definition) is 2. The predicted octanol–water partition coefficient (Wildman–Crippen LogP) is 0.831. The van der Waals surface area contributed by atoms with Gasteiger partial charge in [-0.1, -0.05) is 6.92 Å². The normalized spacial score (nSPS) is 33.4. The summed E-state index contributed by atoms with van der Waals surface area (Å²) in [5.41, 5.74) is 0. The molecule has 2 heterocycles. The van der Waals surface area contributed by atoms with Crippen molar-refractivity contribution >= 4 is 5.91 Å². The molecule has 18 heavy (non-hydrogen) atoms. The molecule has 0 spiro atoms. The first kappa shape index (κ1) is 13.8. The topological polar surface area (TPSA) is 44.4 Å². The van der Waals surface area contributed by atoms with Crippen molar-refractivity contribution in [3.05, 3.63) is 0 Å². The van der Waals surface area contributed by atoms with Gasteiger partial charge in [-0.3, -0.25) is 4.79 Å². The Morgan fingerprint density at radius 3 is 2.50 bits per heavy atom. The smallest absolute Gasteiger partial charge is 0.224 e. The molecule has 2 aliphatic rings. The number of amides is 1. The summed E-state index contributed by atoms with van der Waals surface area (Å²) in [6, 6.07) is 1.53. The Morgan fingerprint density at radius 1 is 1.33 bits per heavy atom. The van der Waals surface area contributed by atoms with E-state index < -0.39 is 0 Å². The van der Waals surface area contributed by atoms with Gasteiger partial charge in [0.25, 0.3) is 0 Å². The number of piperidine rings is 1. The van der Waals surface area contributed by atoms with Crippen LogP contribution < -0.4 is 10.6 Å². The predicted molar refractivity (Wildman–Crippen MR) is 73.4 cm³/mol. The maximum Gasteiger partial charge on any atom is 0.224 e. The molecule has 2 fully saturated rings. The van der Waals surface area contributed by atoms with E-state index in [1.165, 1.54) is 25.7 Å². The Kier molecular flexibility index (Phi) is 4.62. The molecule has 4 nitrogen and oxygen atoms in total. The molecule has 0 aromatic rings. The second kappa shape index (κ2) is 6.02. The first-order chi connectivity index (χ1) is 8.61. The van der Waals surface area contributed by atoms with Crippen molar-refractivity contribution in [3.8, 4) is 0 Å². The van der Waals surface area contributed by atoms with E-state index in [1.54, 1.807) is 0 Å². The van der Waals surface area contributed by atoms with Gasteiger partial charge < -0.3 is 15.5 Å². The molecule has 2 aliphatic heterocycles. The average Bonchev–Trinajstić information content (AvgIpc) is 2.59. The van der Waals surface area contributed by atoms with E-state index in [0.29, 0.717) is 5.92 Å². The molecule has 3 atom stereocenters. The zero-order valence-electron chi connectivity index (χ0n) is 11.9. The number of carbonyl (C=O) groups excluding carboxylic acids is 1. The van der Waals surface area contributed by atoms with Crippen molar-refractivity contribution in [2.75, 3.05) is 27.2 Å². The van der Waals surface area contributed by atoms with Crippen molar-refractivity contribution < 1.29 is 4.79 Å². The van der Waals surface area contributed by atoms with Gasteiger partial charge in [-0.05, 0) is 45.7 Å². The van der Waals surface area contributed by atoms with Crippen LogP contribution in [0.25, 0.3) is 0 Å². The van der Waals surface area contributed by atoms with Gasteiger partial charge in [0.15, 0.2) is 0 Å². The molecule has 4 heteroatoms. The van der Waals surface area contributed by atoms with Crippen LogP contribution in [-0.2, 0) is 4.79 Å². The van der Waals surface area contributed by atoms with Gasteiger partial charge >= 0.3 is 0 Å². The maximum absolute atomic E-state index is 11.9. The van der Waals surface area contributed by atoms with E-state index in [2.05, 4.69) is 22.6 Å². The summed E-state index contributed by atoms with van der Waals surface area (Å²) in [7, 11) is 4.14. The maximum atomic E-state index is 11.9. The monoisotopic (exact) mass is 253 g/mol. The van der Waals surface area contributed by atoms with E-state index in [0.717, 1.165) is 25.2 Å². The summed E-state index contributed by atoms with van der Waals surface area (Å²) < 4.78 is 0. The lowest BCUT2D eigenvalue weighted by Crippen LogP contribution is -2.44. The Bertz CT molecular complexity index is 281.